The lowest BCUT2D eigenvalue weighted by molar-refractivity contribution is -0.135. The summed E-state index contributed by atoms with van der Waals surface area (Å²) in [5.41, 5.74) is 0. The van der Waals surface area contributed by atoms with E-state index in [1.807, 2.05) is 0 Å². The highest BCUT2D eigenvalue weighted by Crippen LogP contribution is 1.76. The Bertz CT molecular complexity index is 169. The minimum absolute atomic E-state index is 0.537. The molecule has 0 aliphatic carbocycles. The van der Waals surface area contributed by atoms with Crippen LogP contribution in [-0.2, 0) is 19.1 Å². The first kappa shape index (κ1) is 19.6. The molecule has 94 valence electrons. The monoisotopic (exact) mass is 234 g/mol. The largest absolute Gasteiger partial charge is 0.498 e. The molecule has 0 aromatic heterocycles. The molecule has 0 rings (SSSR count). The van der Waals surface area contributed by atoms with Crippen LogP contribution in [0.25, 0.3) is 0 Å². The fraction of sp³-hybridized carbons (Fsp3) is 0.400. The van der Waals surface area contributed by atoms with E-state index in [0.717, 1.165) is 13.8 Å². The van der Waals surface area contributed by atoms with Gasteiger partial charge in [-0.25, -0.2) is 0 Å². The van der Waals surface area contributed by atoms with Crippen LogP contribution in [0.1, 0.15) is 13.8 Å². The van der Waals surface area contributed by atoms with Crippen LogP contribution in [0.5, 0.6) is 0 Å². The van der Waals surface area contributed by atoms with Crippen molar-refractivity contribution in [3.63, 3.8) is 0 Å². The molecule has 6 nitrogen and oxygen atoms in total. The second kappa shape index (κ2) is 18.7. The SMILES string of the molecule is C=COCCOC=C.CC(=O)O.CC(=O)O. The molecule has 0 aromatic carbocycles. The number of rotatable bonds is 5. The molecule has 0 heterocycles. The molecule has 0 saturated carbocycles. The Morgan fingerprint density at radius 2 is 1.19 bits per heavy atom. The number of aliphatic carboxylic acids is 2. The average molecular weight is 234 g/mol. The predicted octanol–water partition coefficient (Wildman–Crippen LogP) is 1.49. The minimum Gasteiger partial charge on any atom is -0.498 e. The van der Waals surface area contributed by atoms with Gasteiger partial charge in [-0.1, -0.05) is 13.2 Å². The van der Waals surface area contributed by atoms with Crippen molar-refractivity contribution in [2.24, 2.45) is 0 Å². The molecule has 2 N–H and O–H groups in total. The molecular formula is C10H18O6. The Hall–Kier alpha value is -1.98. The number of ether oxygens (including phenoxy) is 2. The first-order valence-electron chi connectivity index (χ1n) is 4.22. The van der Waals surface area contributed by atoms with Crippen LogP contribution in [0.4, 0.5) is 0 Å². The summed E-state index contributed by atoms with van der Waals surface area (Å²) in [5.74, 6) is -1.67. The maximum Gasteiger partial charge on any atom is 0.300 e. The fourth-order valence-corrected chi connectivity index (χ4v) is 0.263. The van der Waals surface area contributed by atoms with Crippen molar-refractivity contribution in [1.82, 2.24) is 0 Å². The number of carbonyl (C=O) groups is 2. The normalized spacial score (nSPS) is 6.88. The van der Waals surface area contributed by atoms with Gasteiger partial charge in [0.2, 0.25) is 0 Å². The van der Waals surface area contributed by atoms with Crippen molar-refractivity contribution >= 4 is 11.9 Å². The van der Waals surface area contributed by atoms with E-state index in [-0.39, 0.29) is 0 Å². The number of hydrogen-bond acceptors (Lipinski definition) is 4. The quantitative estimate of drug-likeness (QED) is 0.553. The van der Waals surface area contributed by atoms with Crippen LogP contribution in [0, 0.1) is 0 Å². The van der Waals surface area contributed by atoms with Crippen LogP contribution < -0.4 is 0 Å². The molecule has 0 atom stereocenters. The van der Waals surface area contributed by atoms with E-state index in [9.17, 15) is 0 Å². The molecule has 0 fully saturated rings. The third-order valence-electron chi connectivity index (χ3n) is 0.555. The Balaban J connectivity index is -0.000000179. The van der Waals surface area contributed by atoms with Crippen LogP contribution >= 0.6 is 0 Å². The van der Waals surface area contributed by atoms with E-state index in [2.05, 4.69) is 13.2 Å². The first-order chi connectivity index (χ1) is 7.38. The number of carboxylic acids is 2. The van der Waals surface area contributed by atoms with E-state index < -0.39 is 11.9 Å². The summed E-state index contributed by atoms with van der Waals surface area (Å²) >= 11 is 0. The summed E-state index contributed by atoms with van der Waals surface area (Å²) in [6.07, 6.45) is 2.76. The van der Waals surface area contributed by atoms with Crippen molar-refractivity contribution in [3.05, 3.63) is 25.7 Å². The lowest BCUT2D eigenvalue weighted by Gasteiger charge is -1.97. The van der Waals surface area contributed by atoms with Gasteiger partial charge in [0.25, 0.3) is 11.9 Å². The van der Waals surface area contributed by atoms with Gasteiger partial charge in [0.05, 0.1) is 12.5 Å². The topological polar surface area (TPSA) is 93.1 Å². The Morgan fingerprint density at radius 3 is 1.31 bits per heavy atom. The standard InChI is InChI=1S/C6H10O2.2C2H4O2/c1-3-7-5-6-8-4-2;2*1-2(3)4/h3-4H,1-2,5-6H2;2*1H3,(H,3,4). The molecule has 0 saturated heterocycles. The van der Waals surface area contributed by atoms with Gasteiger partial charge in [0.15, 0.2) is 0 Å². The van der Waals surface area contributed by atoms with Crippen molar-refractivity contribution < 1.29 is 29.3 Å². The van der Waals surface area contributed by atoms with Crippen LogP contribution in [0.15, 0.2) is 25.7 Å². The number of carboxylic acid groups (broad SMARTS) is 2. The van der Waals surface area contributed by atoms with E-state index in [1.165, 1.54) is 12.5 Å². The van der Waals surface area contributed by atoms with Gasteiger partial charge in [0, 0.05) is 13.8 Å². The molecule has 0 spiro atoms. The summed E-state index contributed by atoms with van der Waals surface area (Å²) in [5, 5.41) is 14.8. The second-order valence-corrected chi connectivity index (χ2v) is 2.11. The fourth-order valence-electron chi connectivity index (χ4n) is 0.263. The molecular weight excluding hydrogens is 216 g/mol. The highest BCUT2D eigenvalue weighted by molar-refractivity contribution is 5.63. The second-order valence-electron chi connectivity index (χ2n) is 2.11. The zero-order valence-electron chi connectivity index (χ0n) is 9.51. The molecule has 0 unspecified atom stereocenters. The smallest absolute Gasteiger partial charge is 0.300 e. The third-order valence-corrected chi connectivity index (χ3v) is 0.555. The van der Waals surface area contributed by atoms with E-state index in [0.29, 0.717) is 13.2 Å². The van der Waals surface area contributed by atoms with Crippen molar-refractivity contribution in [3.8, 4) is 0 Å². The van der Waals surface area contributed by atoms with Crippen LogP contribution in [-0.4, -0.2) is 35.4 Å². The molecule has 0 aliphatic rings. The minimum atomic E-state index is -0.833. The third kappa shape index (κ3) is 160. The van der Waals surface area contributed by atoms with Gasteiger partial charge in [-0.2, -0.15) is 0 Å². The Morgan fingerprint density at radius 1 is 1.00 bits per heavy atom. The van der Waals surface area contributed by atoms with Crippen molar-refractivity contribution in [1.29, 1.82) is 0 Å². The lowest BCUT2D eigenvalue weighted by Crippen LogP contribution is -1.95. The highest BCUT2D eigenvalue weighted by Gasteiger charge is 1.77. The molecule has 0 bridgehead atoms. The molecule has 0 radical (unpaired) electrons. The van der Waals surface area contributed by atoms with Gasteiger partial charge in [0.1, 0.15) is 13.2 Å². The summed E-state index contributed by atoms with van der Waals surface area (Å²) in [4.78, 5) is 18.0. The molecule has 16 heavy (non-hydrogen) atoms. The van der Waals surface area contributed by atoms with Gasteiger partial charge >= 0.3 is 0 Å². The number of hydrogen-bond donors (Lipinski definition) is 2. The van der Waals surface area contributed by atoms with Gasteiger partial charge in [-0.15, -0.1) is 0 Å². The summed E-state index contributed by atoms with van der Waals surface area (Å²) in [6, 6.07) is 0. The average Bonchev–Trinajstić information content (AvgIpc) is 2.11. The zero-order valence-corrected chi connectivity index (χ0v) is 9.51. The van der Waals surface area contributed by atoms with E-state index in [4.69, 9.17) is 29.3 Å². The molecule has 0 amide bonds. The van der Waals surface area contributed by atoms with Gasteiger partial charge < -0.3 is 19.7 Å². The Kier molecular flexibility index (Phi) is 22.9. The molecule has 6 heteroatoms. The van der Waals surface area contributed by atoms with Gasteiger partial charge in [-0.05, 0) is 0 Å². The van der Waals surface area contributed by atoms with E-state index >= 15 is 0 Å². The molecule has 0 aromatic rings. The summed E-state index contributed by atoms with van der Waals surface area (Å²) in [7, 11) is 0. The zero-order chi connectivity index (χ0) is 13.4. The van der Waals surface area contributed by atoms with Crippen LogP contribution in [0.2, 0.25) is 0 Å². The lowest BCUT2D eigenvalue weighted by atomic mass is 10.8. The van der Waals surface area contributed by atoms with Crippen LogP contribution in [0.3, 0.4) is 0 Å². The van der Waals surface area contributed by atoms with Crippen molar-refractivity contribution in [2.75, 3.05) is 13.2 Å². The first-order valence-corrected chi connectivity index (χ1v) is 4.22. The Labute approximate surface area is 94.8 Å². The maximum absolute atomic E-state index is 9.00. The highest BCUT2D eigenvalue weighted by atomic mass is 16.5. The molecule has 0 aliphatic heterocycles. The van der Waals surface area contributed by atoms with Crippen molar-refractivity contribution in [2.45, 2.75) is 13.8 Å². The summed E-state index contributed by atoms with van der Waals surface area (Å²) < 4.78 is 9.45. The summed E-state index contributed by atoms with van der Waals surface area (Å²) in [6.45, 7) is 9.95. The van der Waals surface area contributed by atoms with Gasteiger partial charge in [-0.3, -0.25) is 9.59 Å². The predicted molar refractivity (Wildman–Crippen MR) is 58.9 cm³/mol. The maximum atomic E-state index is 9.00. The van der Waals surface area contributed by atoms with E-state index in [1.54, 1.807) is 0 Å².